The van der Waals surface area contributed by atoms with E-state index in [1.807, 2.05) is 42.5 Å². The third-order valence-electron chi connectivity index (χ3n) is 6.67. The lowest BCUT2D eigenvalue weighted by Crippen LogP contribution is -2.12. The van der Waals surface area contributed by atoms with Crippen molar-refractivity contribution in [1.82, 2.24) is 45.4 Å². The van der Waals surface area contributed by atoms with Crippen LogP contribution < -0.4 is 5.32 Å². The fraction of sp³-hybridized carbons (Fsp3) is 0.0667. The van der Waals surface area contributed by atoms with Gasteiger partial charge in [-0.3, -0.25) is 25.0 Å². The summed E-state index contributed by atoms with van der Waals surface area (Å²) in [6.07, 6.45) is 10.1. The highest BCUT2D eigenvalue weighted by Gasteiger charge is 2.21. The molecule has 6 heterocycles. The van der Waals surface area contributed by atoms with Gasteiger partial charge in [-0.05, 0) is 35.4 Å². The number of aromatic nitrogens is 8. The molecule has 10 heteroatoms. The van der Waals surface area contributed by atoms with Crippen molar-refractivity contribution < 1.29 is 4.39 Å². The van der Waals surface area contributed by atoms with Crippen molar-refractivity contribution in [3.63, 3.8) is 0 Å². The van der Waals surface area contributed by atoms with Gasteiger partial charge in [-0.2, -0.15) is 5.10 Å². The van der Waals surface area contributed by atoms with Crippen LogP contribution in [0, 0.1) is 5.82 Å². The first-order valence-electron chi connectivity index (χ1n) is 12.7. The number of halogens is 1. The van der Waals surface area contributed by atoms with Crippen molar-refractivity contribution in [3.8, 4) is 34.0 Å². The highest BCUT2D eigenvalue weighted by molar-refractivity contribution is 5.97. The number of nitrogens with zero attached hydrogens (tertiary/aromatic N) is 6. The number of rotatable bonds is 7. The van der Waals surface area contributed by atoms with Crippen LogP contribution in [0.2, 0.25) is 0 Å². The van der Waals surface area contributed by atoms with Crippen LogP contribution in [-0.4, -0.2) is 40.1 Å². The first-order chi connectivity index (χ1) is 19.7. The predicted molar refractivity (Wildman–Crippen MR) is 150 cm³/mol. The molecule has 6 aromatic heterocycles. The van der Waals surface area contributed by atoms with Crippen molar-refractivity contribution in [2.75, 3.05) is 0 Å². The molecule has 0 aliphatic carbocycles. The molecule has 7 rings (SSSR count). The van der Waals surface area contributed by atoms with E-state index in [1.165, 1.54) is 5.56 Å². The Hall–Kier alpha value is -5.35. The average Bonchev–Trinajstić information content (AvgIpc) is 3.63. The van der Waals surface area contributed by atoms with Crippen LogP contribution in [-0.2, 0) is 13.1 Å². The van der Waals surface area contributed by atoms with Gasteiger partial charge in [0.25, 0.3) is 0 Å². The van der Waals surface area contributed by atoms with Crippen LogP contribution in [0.3, 0.4) is 0 Å². The maximum absolute atomic E-state index is 16.1. The number of fused-ring (bicyclic) bond motifs is 2. The number of hydrogen-bond acceptors (Lipinski definition) is 7. The molecule has 0 atom stereocenters. The fourth-order valence-electron chi connectivity index (χ4n) is 4.77. The monoisotopic (exact) mass is 527 g/mol. The number of nitrogens with one attached hydrogen (secondary N) is 3. The SMILES string of the molecule is Fc1c(-c2cncc(CNCc3ccccc3)c2)ncc2[nH]nc(-c3nc4c(-c5cccnc5)nccc4[nH]3)c12. The second kappa shape index (κ2) is 10.1. The summed E-state index contributed by atoms with van der Waals surface area (Å²) in [6, 6.07) is 17.6. The van der Waals surface area contributed by atoms with Gasteiger partial charge in [0.15, 0.2) is 11.6 Å². The summed E-state index contributed by atoms with van der Waals surface area (Å²) in [7, 11) is 0. The number of hydrogen-bond donors (Lipinski definition) is 3. The van der Waals surface area contributed by atoms with E-state index in [1.54, 1.807) is 37.2 Å². The Morgan fingerprint density at radius 3 is 2.48 bits per heavy atom. The Labute approximate surface area is 227 Å². The maximum atomic E-state index is 16.1. The lowest BCUT2D eigenvalue weighted by Gasteiger charge is -2.08. The molecule has 0 fully saturated rings. The number of benzene rings is 1. The fourth-order valence-corrected chi connectivity index (χ4v) is 4.77. The van der Waals surface area contributed by atoms with Gasteiger partial charge < -0.3 is 10.3 Å². The summed E-state index contributed by atoms with van der Waals surface area (Å²) in [5.74, 6) is -0.0732. The zero-order valence-electron chi connectivity index (χ0n) is 21.1. The van der Waals surface area contributed by atoms with Gasteiger partial charge in [0.1, 0.15) is 16.9 Å². The van der Waals surface area contributed by atoms with Gasteiger partial charge in [-0.25, -0.2) is 9.37 Å². The first kappa shape index (κ1) is 23.7. The van der Waals surface area contributed by atoms with E-state index in [0.717, 1.165) is 23.2 Å². The number of pyridine rings is 4. The molecule has 0 unspecified atom stereocenters. The molecule has 1 aromatic carbocycles. The number of H-pyrrole nitrogens is 2. The number of imidazole rings is 1. The number of aromatic amines is 2. The van der Waals surface area contributed by atoms with Crippen LogP contribution in [0.15, 0.2) is 91.8 Å². The van der Waals surface area contributed by atoms with Gasteiger partial charge in [0, 0.05) is 55.2 Å². The molecule has 0 spiro atoms. The lowest BCUT2D eigenvalue weighted by molar-refractivity contribution is 0.638. The second-order valence-corrected chi connectivity index (χ2v) is 9.34. The zero-order valence-corrected chi connectivity index (χ0v) is 21.1. The molecule has 194 valence electrons. The van der Waals surface area contributed by atoms with Crippen molar-refractivity contribution in [1.29, 1.82) is 0 Å². The van der Waals surface area contributed by atoms with Gasteiger partial charge in [0.05, 0.1) is 28.3 Å². The van der Waals surface area contributed by atoms with Gasteiger partial charge in [0.2, 0.25) is 0 Å². The summed E-state index contributed by atoms with van der Waals surface area (Å²) >= 11 is 0. The lowest BCUT2D eigenvalue weighted by atomic mass is 10.1. The predicted octanol–water partition coefficient (Wildman–Crippen LogP) is 5.45. The molecular formula is C30H22FN9. The molecule has 0 bridgehead atoms. The third-order valence-corrected chi connectivity index (χ3v) is 6.67. The Kier molecular flexibility index (Phi) is 5.98. The molecule has 0 saturated heterocycles. The van der Waals surface area contributed by atoms with Crippen molar-refractivity contribution in [2.45, 2.75) is 13.1 Å². The Morgan fingerprint density at radius 1 is 0.725 bits per heavy atom. The Morgan fingerprint density at radius 2 is 1.60 bits per heavy atom. The van der Waals surface area contributed by atoms with E-state index < -0.39 is 5.82 Å². The summed E-state index contributed by atoms with van der Waals surface area (Å²) in [6.45, 7) is 1.31. The summed E-state index contributed by atoms with van der Waals surface area (Å²) in [4.78, 5) is 25.5. The van der Waals surface area contributed by atoms with Gasteiger partial charge >= 0.3 is 0 Å². The van der Waals surface area contributed by atoms with Crippen LogP contribution in [0.5, 0.6) is 0 Å². The molecule has 0 aliphatic rings. The maximum Gasteiger partial charge on any atom is 0.161 e. The quantitative estimate of drug-likeness (QED) is 0.252. The highest BCUT2D eigenvalue weighted by atomic mass is 19.1. The minimum atomic E-state index is -0.497. The van der Waals surface area contributed by atoms with E-state index in [4.69, 9.17) is 4.98 Å². The summed E-state index contributed by atoms with van der Waals surface area (Å²) in [5.41, 5.74) is 6.64. The van der Waals surface area contributed by atoms with Crippen LogP contribution >= 0.6 is 0 Å². The smallest absolute Gasteiger partial charge is 0.161 e. The van der Waals surface area contributed by atoms with E-state index in [0.29, 0.717) is 45.7 Å². The second-order valence-electron chi connectivity index (χ2n) is 9.34. The Balaban J connectivity index is 1.23. The average molecular weight is 528 g/mol. The topological polar surface area (TPSA) is 121 Å². The third kappa shape index (κ3) is 4.36. The Bertz CT molecular complexity index is 1950. The largest absolute Gasteiger partial charge is 0.336 e. The minimum absolute atomic E-state index is 0.196. The molecule has 0 aliphatic heterocycles. The summed E-state index contributed by atoms with van der Waals surface area (Å²) in [5, 5.41) is 11.0. The molecular weight excluding hydrogens is 505 g/mol. The van der Waals surface area contributed by atoms with E-state index in [9.17, 15) is 0 Å². The van der Waals surface area contributed by atoms with Gasteiger partial charge in [-0.1, -0.05) is 30.3 Å². The van der Waals surface area contributed by atoms with Crippen LogP contribution in [0.25, 0.3) is 56.0 Å². The normalized spacial score (nSPS) is 11.4. The molecule has 0 amide bonds. The highest BCUT2D eigenvalue weighted by Crippen LogP contribution is 2.33. The molecule has 40 heavy (non-hydrogen) atoms. The zero-order chi connectivity index (χ0) is 26.9. The van der Waals surface area contributed by atoms with E-state index >= 15 is 4.39 Å². The van der Waals surface area contributed by atoms with Gasteiger partial charge in [-0.15, -0.1) is 0 Å². The molecule has 9 nitrogen and oxygen atoms in total. The molecule has 0 radical (unpaired) electrons. The molecule has 0 saturated carbocycles. The molecule has 7 aromatic rings. The molecule has 3 N–H and O–H groups in total. The van der Waals surface area contributed by atoms with Crippen LogP contribution in [0.1, 0.15) is 11.1 Å². The standard InChI is InChI=1S/C30H22FN9/c31-25-24-23(17-36-26(25)21-11-19(14-34-16-21)13-33-12-18-5-2-1-3-6-18)39-40-29(24)30-37-22-8-10-35-27(28(22)38-30)20-7-4-9-32-15-20/h1-11,14-17,33H,12-13H2,(H,37,38)(H,39,40). The van der Waals surface area contributed by atoms with Crippen molar-refractivity contribution in [2.24, 2.45) is 0 Å². The van der Waals surface area contributed by atoms with E-state index in [-0.39, 0.29) is 5.69 Å². The van der Waals surface area contributed by atoms with Crippen molar-refractivity contribution in [3.05, 3.63) is 109 Å². The van der Waals surface area contributed by atoms with Crippen molar-refractivity contribution >= 4 is 21.9 Å². The van der Waals surface area contributed by atoms with Crippen LogP contribution in [0.4, 0.5) is 4.39 Å². The minimum Gasteiger partial charge on any atom is -0.336 e. The van der Waals surface area contributed by atoms with E-state index in [2.05, 4.69) is 52.6 Å². The first-order valence-corrected chi connectivity index (χ1v) is 12.7. The summed E-state index contributed by atoms with van der Waals surface area (Å²) < 4.78 is 16.1.